The third kappa shape index (κ3) is 7.38. The lowest BCUT2D eigenvalue weighted by Crippen LogP contribution is -2.26. The summed E-state index contributed by atoms with van der Waals surface area (Å²) < 4.78 is 47.7. The summed E-state index contributed by atoms with van der Waals surface area (Å²) in [6.07, 6.45) is 0. The van der Waals surface area contributed by atoms with Gasteiger partial charge in [0.05, 0.1) is 4.90 Å². The summed E-state index contributed by atoms with van der Waals surface area (Å²) in [6, 6.07) is 28.2. The van der Waals surface area contributed by atoms with E-state index >= 15 is 0 Å². The van der Waals surface area contributed by atoms with Crippen LogP contribution in [0.5, 0.6) is 11.5 Å². The average molecular weight is 607 g/mol. The van der Waals surface area contributed by atoms with Crippen LogP contribution in [0.15, 0.2) is 111 Å². The molecular weight excluding hydrogens is 565 g/mol. The molecule has 0 atom stereocenters. The number of hydrogen-bond acceptors (Lipinski definition) is 5. The Hall–Kier alpha value is -3.26. The van der Waals surface area contributed by atoms with Gasteiger partial charge in [0.25, 0.3) is 0 Å². The Balaban J connectivity index is 2.09. The summed E-state index contributed by atoms with van der Waals surface area (Å²) in [5, 5.41) is 0. The molecule has 0 bridgehead atoms. The van der Waals surface area contributed by atoms with E-state index in [1.54, 1.807) is 24.3 Å². The van der Waals surface area contributed by atoms with Crippen LogP contribution in [0, 0.1) is 20.8 Å². The number of rotatable bonds is 8. The molecule has 4 aromatic carbocycles. The second-order valence-corrected chi connectivity index (χ2v) is 17.0. The van der Waals surface area contributed by atoms with Gasteiger partial charge in [-0.05, 0) is 138 Å². The van der Waals surface area contributed by atoms with Gasteiger partial charge in [0, 0.05) is 14.7 Å². The molecule has 0 amide bonds. The Morgan fingerprint density at radius 3 is 1.43 bits per heavy atom. The third-order valence-electron chi connectivity index (χ3n) is 6.22. The first-order chi connectivity index (χ1) is 19.5. The predicted octanol–water partition coefficient (Wildman–Crippen LogP) is 9.57. The first kappa shape index (κ1) is 31.7. The minimum atomic E-state index is -4.23. The topological polar surface area (TPSA) is 61.8 Å². The summed E-state index contributed by atoms with van der Waals surface area (Å²) in [7, 11) is -7.08. The van der Waals surface area contributed by atoms with Gasteiger partial charge in [-0.15, -0.1) is 0 Å². The van der Waals surface area contributed by atoms with Crippen LogP contribution in [0.3, 0.4) is 0 Å². The molecule has 0 saturated carbocycles. The smallest absolute Gasteiger partial charge is 0.307 e. The fourth-order valence-corrected chi connectivity index (χ4v) is 9.88. The van der Waals surface area contributed by atoms with Crippen LogP contribution >= 0.6 is 10.3 Å². The van der Waals surface area contributed by atoms with E-state index < -0.39 is 31.6 Å². The highest BCUT2D eigenvalue weighted by atomic mass is 32.3. The summed E-state index contributed by atoms with van der Waals surface area (Å²) in [5.41, 5.74) is 1.94. The van der Waals surface area contributed by atoms with E-state index in [-0.39, 0.29) is 4.90 Å². The Kier molecular flexibility index (Phi) is 8.89. The summed E-state index contributed by atoms with van der Waals surface area (Å²) in [6.45, 7) is 17.8. The molecule has 0 heterocycles. The molecule has 0 unspecified atom stereocenters. The van der Waals surface area contributed by atoms with Crippen molar-refractivity contribution in [2.45, 2.75) is 93.1 Å². The molecule has 4 aromatic rings. The van der Waals surface area contributed by atoms with E-state index in [2.05, 4.69) is 0 Å². The van der Waals surface area contributed by atoms with Crippen LogP contribution in [0.4, 0.5) is 0 Å². The van der Waals surface area contributed by atoms with E-state index in [1.807, 2.05) is 129 Å². The van der Waals surface area contributed by atoms with Gasteiger partial charge < -0.3 is 9.47 Å². The van der Waals surface area contributed by atoms with Crippen molar-refractivity contribution < 1.29 is 21.5 Å². The number of hydrogen-bond donors (Lipinski definition) is 0. The Morgan fingerprint density at radius 2 is 0.952 bits per heavy atom. The van der Waals surface area contributed by atoms with Gasteiger partial charge >= 0.3 is 10.1 Å². The maximum atomic E-state index is 14.2. The van der Waals surface area contributed by atoms with Gasteiger partial charge in [0.15, 0.2) is 11.5 Å². The lowest BCUT2D eigenvalue weighted by atomic mass is 10.1. The van der Waals surface area contributed by atoms with Gasteiger partial charge in [0.1, 0.15) is 11.2 Å². The quantitative estimate of drug-likeness (QED) is 0.200. The van der Waals surface area contributed by atoms with Crippen LogP contribution in [-0.2, 0) is 13.7 Å². The highest BCUT2D eigenvalue weighted by Gasteiger charge is 2.39. The summed E-state index contributed by atoms with van der Waals surface area (Å²) in [5.74, 6) is 1.09. The molecule has 0 aromatic heterocycles. The van der Waals surface area contributed by atoms with Crippen molar-refractivity contribution in [1.82, 2.24) is 0 Å². The van der Waals surface area contributed by atoms with Crippen LogP contribution in [-0.4, -0.2) is 19.6 Å². The number of aryl methyl sites for hydroxylation is 3. The van der Waals surface area contributed by atoms with Crippen molar-refractivity contribution in [3.8, 4) is 11.5 Å². The van der Waals surface area contributed by atoms with Crippen molar-refractivity contribution in [3.63, 3.8) is 0 Å². The van der Waals surface area contributed by atoms with Gasteiger partial charge in [-0.2, -0.15) is 8.42 Å². The molecule has 0 aliphatic heterocycles. The SMILES string of the molecule is Cc1ccc(S(=O)(=O)OS(c2cccc(C)c2)(c2cccc(C)c2)c2ccc(OC(C)(C)C)c(OC(C)(C)C)c2)cc1. The van der Waals surface area contributed by atoms with Gasteiger partial charge in [-0.3, -0.25) is 0 Å². The zero-order chi connectivity index (χ0) is 30.9. The van der Waals surface area contributed by atoms with E-state index in [9.17, 15) is 8.42 Å². The zero-order valence-corrected chi connectivity index (χ0v) is 27.7. The normalized spacial score (nSPS) is 13.1. The molecule has 0 spiro atoms. The molecular formula is C35H42O5S2. The predicted molar refractivity (Wildman–Crippen MR) is 171 cm³/mol. The van der Waals surface area contributed by atoms with Crippen LogP contribution in [0.1, 0.15) is 58.2 Å². The summed E-state index contributed by atoms with van der Waals surface area (Å²) in [4.78, 5) is 2.30. The van der Waals surface area contributed by atoms with Crippen LogP contribution < -0.4 is 9.47 Å². The lowest BCUT2D eigenvalue weighted by Gasteiger charge is -2.40. The molecule has 7 heteroatoms. The molecule has 5 nitrogen and oxygen atoms in total. The first-order valence-corrected chi connectivity index (χ1v) is 17.0. The number of benzene rings is 4. The van der Waals surface area contributed by atoms with Crippen molar-refractivity contribution >= 4 is 20.4 Å². The molecule has 42 heavy (non-hydrogen) atoms. The molecule has 0 N–H and O–H groups in total. The maximum Gasteiger partial charge on any atom is 0.307 e. The Bertz CT molecular complexity index is 1620. The summed E-state index contributed by atoms with van der Waals surface area (Å²) >= 11 is 0. The highest BCUT2D eigenvalue weighted by Crippen LogP contribution is 2.71. The fourth-order valence-electron chi connectivity index (χ4n) is 4.48. The van der Waals surface area contributed by atoms with Crippen LogP contribution in [0.25, 0.3) is 0 Å². The minimum Gasteiger partial charge on any atom is -0.484 e. The van der Waals surface area contributed by atoms with E-state index in [1.165, 1.54) is 0 Å². The Labute approximate surface area is 253 Å². The molecule has 0 saturated heterocycles. The van der Waals surface area contributed by atoms with Crippen LogP contribution in [0.2, 0.25) is 0 Å². The first-order valence-electron chi connectivity index (χ1n) is 14.0. The fraction of sp³-hybridized carbons (Fsp3) is 0.314. The third-order valence-corrected chi connectivity index (χ3v) is 11.4. The molecule has 0 radical (unpaired) electrons. The lowest BCUT2D eigenvalue weighted by molar-refractivity contribution is 0.0954. The van der Waals surface area contributed by atoms with Crippen molar-refractivity contribution in [2.75, 3.05) is 0 Å². The molecule has 0 fully saturated rings. The highest BCUT2D eigenvalue weighted by molar-refractivity contribution is 8.33. The van der Waals surface area contributed by atoms with Crippen molar-refractivity contribution in [3.05, 3.63) is 108 Å². The second-order valence-electron chi connectivity index (χ2n) is 12.6. The van der Waals surface area contributed by atoms with E-state index in [0.29, 0.717) is 16.4 Å². The molecule has 224 valence electrons. The molecule has 0 aliphatic carbocycles. The van der Waals surface area contributed by atoms with Crippen molar-refractivity contribution in [1.29, 1.82) is 0 Å². The molecule has 0 aliphatic rings. The molecule has 4 rings (SSSR count). The maximum absolute atomic E-state index is 14.2. The van der Waals surface area contributed by atoms with E-state index in [4.69, 9.17) is 13.1 Å². The van der Waals surface area contributed by atoms with Gasteiger partial charge in [-0.1, -0.05) is 42.0 Å². The second kappa shape index (κ2) is 11.8. The van der Waals surface area contributed by atoms with Gasteiger partial charge in [-0.25, -0.2) is 3.63 Å². The van der Waals surface area contributed by atoms with E-state index in [0.717, 1.165) is 26.5 Å². The van der Waals surface area contributed by atoms with Crippen molar-refractivity contribution in [2.24, 2.45) is 0 Å². The largest absolute Gasteiger partial charge is 0.484 e. The number of ether oxygens (including phenoxy) is 2. The monoisotopic (exact) mass is 606 g/mol. The van der Waals surface area contributed by atoms with Gasteiger partial charge in [0.2, 0.25) is 0 Å². The minimum absolute atomic E-state index is 0.101. The zero-order valence-electron chi connectivity index (χ0n) is 26.0. The Morgan fingerprint density at radius 1 is 0.500 bits per heavy atom. The standard InChI is InChI=1S/C35H42O5S2/c1-25-16-18-28(19-17-25)42(36,37)40-41(29-14-10-12-26(2)22-29,30-15-11-13-27(3)23-30)31-20-21-32(38-34(4,5)6)33(24-31)39-35(7,8)9/h10-24H,1-9H3. The average Bonchev–Trinajstić information content (AvgIpc) is 2.87.